The second-order valence-corrected chi connectivity index (χ2v) is 1.78. The Kier molecular flexibility index (Phi) is 2.07. The topological polar surface area (TPSA) is 29.1 Å². The number of nitrogens with one attached hydrogen (secondary N) is 1. The fraction of sp³-hybridized carbons (Fsp3) is 0.143. The monoisotopic (exact) mass is 122 g/mol. The van der Waals surface area contributed by atoms with Crippen molar-refractivity contribution in [1.29, 1.82) is 0 Å². The summed E-state index contributed by atoms with van der Waals surface area (Å²) in [4.78, 5) is 9.88. The van der Waals surface area contributed by atoms with Gasteiger partial charge in [-0.2, -0.15) is 0 Å². The molecule has 1 N–H and O–H groups in total. The van der Waals surface area contributed by atoms with Crippen molar-refractivity contribution in [2.45, 2.75) is 6.42 Å². The van der Waals surface area contributed by atoms with Gasteiger partial charge in [-0.1, -0.05) is 24.3 Å². The van der Waals surface area contributed by atoms with Crippen LogP contribution in [0.2, 0.25) is 0 Å². The van der Waals surface area contributed by atoms with E-state index in [9.17, 15) is 4.79 Å². The second-order valence-electron chi connectivity index (χ2n) is 1.78. The maximum Gasteiger partial charge on any atom is 0.207 e. The van der Waals surface area contributed by atoms with Gasteiger partial charge in [0, 0.05) is 0 Å². The van der Waals surface area contributed by atoms with E-state index in [1.807, 2.05) is 24.3 Å². The Morgan fingerprint density at radius 3 is 3.00 bits per heavy atom. The van der Waals surface area contributed by atoms with Crippen LogP contribution in [0.1, 0.15) is 6.42 Å². The smallest absolute Gasteiger partial charge is 0.207 e. The largest absolute Gasteiger partial charge is 0.347 e. The normalized spacial score (nSPS) is 17.8. The second kappa shape index (κ2) is 3.07. The Labute approximate surface area is 54.3 Å². The van der Waals surface area contributed by atoms with E-state index in [0.29, 0.717) is 6.41 Å². The molecule has 47 valence electrons. The highest BCUT2D eigenvalue weighted by Crippen LogP contribution is 2.08. The molecule has 0 bridgehead atoms. The lowest BCUT2D eigenvalue weighted by Gasteiger charge is -2.08. The summed E-state index contributed by atoms with van der Waals surface area (Å²) in [6.45, 7) is 0. The van der Waals surface area contributed by atoms with E-state index >= 15 is 0 Å². The summed E-state index contributed by atoms with van der Waals surface area (Å²) >= 11 is 0. The third-order valence-corrected chi connectivity index (χ3v) is 1.13. The van der Waals surface area contributed by atoms with Gasteiger partial charge in [0.25, 0.3) is 0 Å². The molecular formula is C7H8NO. The van der Waals surface area contributed by atoms with Gasteiger partial charge in [0.2, 0.25) is 6.41 Å². The lowest BCUT2D eigenvalue weighted by molar-refractivity contribution is -0.109. The third kappa shape index (κ3) is 1.72. The minimum absolute atomic E-state index is 0.693. The zero-order chi connectivity index (χ0) is 6.53. The Bertz CT molecular complexity index is 147. The van der Waals surface area contributed by atoms with E-state index in [-0.39, 0.29) is 0 Å². The quantitative estimate of drug-likeness (QED) is 0.539. The van der Waals surface area contributed by atoms with Crippen molar-refractivity contribution in [3.05, 3.63) is 30.3 Å². The molecule has 1 radical (unpaired) electrons. The van der Waals surface area contributed by atoms with E-state index in [2.05, 4.69) is 5.32 Å². The molecule has 2 heteroatoms. The number of hydrogen-bond acceptors (Lipinski definition) is 1. The maximum atomic E-state index is 9.88. The number of rotatable bonds is 2. The van der Waals surface area contributed by atoms with Crippen molar-refractivity contribution in [3.8, 4) is 0 Å². The van der Waals surface area contributed by atoms with Crippen LogP contribution in [0.4, 0.5) is 0 Å². The Hall–Kier alpha value is -1.05. The number of carbonyl (C=O) groups excluding carboxylic acids is 1. The lowest BCUT2D eigenvalue weighted by atomic mass is 10.1. The van der Waals surface area contributed by atoms with Crippen LogP contribution in [0, 0.1) is 6.04 Å². The molecule has 0 aliphatic heterocycles. The van der Waals surface area contributed by atoms with Gasteiger partial charge in [-0.05, 0) is 6.42 Å². The highest BCUT2D eigenvalue weighted by Gasteiger charge is 2.01. The Morgan fingerprint density at radius 1 is 1.56 bits per heavy atom. The minimum atomic E-state index is 0.693. The summed E-state index contributed by atoms with van der Waals surface area (Å²) in [7, 11) is 0. The summed E-state index contributed by atoms with van der Waals surface area (Å²) in [6, 6.07) is 0.951. The van der Waals surface area contributed by atoms with E-state index in [1.54, 1.807) is 0 Å². The Balaban J connectivity index is 2.36. The number of allylic oxidation sites excluding steroid dienone is 2. The number of hydrogen-bond donors (Lipinski definition) is 1. The molecule has 1 aliphatic rings. The third-order valence-electron chi connectivity index (χ3n) is 1.13. The standard InChI is InChI=1S/C7H8NO/c9-6-8-7-4-2-1-3-5-7/h1-4,6H,5H2,(H,8,9). The van der Waals surface area contributed by atoms with Gasteiger partial charge in [-0.25, -0.2) is 0 Å². The van der Waals surface area contributed by atoms with Crippen LogP contribution < -0.4 is 5.32 Å². The van der Waals surface area contributed by atoms with E-state index in [1.165, 1.54) is 0 Å². The highest BCUT2D eigenvalue weighted by atomic mass is 16.1. The molecule has 0 heterocycles. The van der Waals surface area contributed by atoms with Crippen molar-refractivity contribution >= 4 is 6.41 Å². The molecule has 1 amide bonds. The van der Waals surface area contributed by atoms with Crippen LogP contribution in [0.3, 0.4) is 0 Å². The van der Waals surface area contributed by atoms with E-state index in [0.717, 1.165) is 12.5 Å². The Morgan fingerprint density at radius 2 is 2.44 bits per heavy atom. The summed E-state index contributed by atoms with van der Waals surface area (Å²) in [6.07, 6.45) is 9.25. The fourth-order valence-corrected chi connectivity index (χ4v) is 0.696. The fourth-order valence-electron chi connectivity index (χ4n) is 0.696. The first-order chi connectivity index (χ1) is 4.43. The molecule has 0 saturated carbocycles. The summed E-state index contributed by atoms with van der Waals surface area (Å²) in [5.74, 6) is 0. The molecular weight excluding hydrogens is 114 g/mol. The van der Waals surface area contributed by atoms with Gasteiger partial charge in [-0.15, -0.1) is 0 Å². The summed E-state index contributed by atoms with van der Waals surface area (Å²) in [5, 5.41) is 2.58. The molecule has 0 aromatic heterocycles. The molecule has 1 aliphatic carbocycles. The van der Waals surface area contributed by atoms with Crippen molar-refractivity contribution in [1.82, 2.24) is 5.32 Å². The first kappa shape index (κ1) is 6.08. The molecule has 1 rings (SSSR count). The molecule has 0 spiro atoms. The molecule has 2 nitrogen and oxygen atoms in total. The van der Waals surface area contributed by atoms with Crippen LogP contribution in [-0.4, -0.2) is 6.41 Å². The minimum Gasteiger partial charge on any atom is -0.347 e. The molecule has 0 atom stereocenters. The molecule has 9 heavy (non-hydrogen) atoms. The molecule has 0 fully saturated rings. The van der Waals surface area contributed by atoms with Gasteiger partial charge >= 0.3 is 0 Å². The van der Waals surface area contributed by atoms with Gasteiger partial charge in [-0.3, -0.25) is 4.79 Å². The summed E-state index contributed by atoms with van der Waals surface area (Å²) in [5.41, 5.74) is 0. The van der Waals surface area contributed by atoms with Crippen molar-refractivity contribution < 1.29 is 4.79 Å². The highest BCUT2D eigenvalue weighted by molar-refractivity contribution is 5.50. The van der Waals surface area contributed by atoms with Crippen molar-refractivity contribution in [3.63, 3.8) is 0 Å². The van der Waals surface area contributed by atoms with Crippen molar-refractivity contribution in [2.75, 3.05) is 0 Å². The van der Waals surface area contributed by atoms with Crippen LogP contribution in [0.5, 0.6) is 0 Å². The first-order valence-electron chi connectivity index (χ1n) is 2.82. The van der Waals surface area contributed by atoms with Gasteiger partial charge in [0.05, 0.1) is 6.04 Å². The first-order valence-corrected chi connectivity index (χ1v) is 2.82. The van der Waals surface area contributed by atoms with Crippen LogP contribution >= 0.6 is 0 Å². The van der Waals surface area contributed by atoms with Crippen LogP contribution in [0.25, 0.3) is 0 Å². The average Bonchev–Trinajstić information content (AvgIpc) is 1.91. The molecule has 0 aromatic carbocycles. The van der Waals surface area contributed by atoms with E-state index < -0.39 is 0 Å². The lowest BCUT2D eigenvalue weighted by Crippen LogP contribution is -2.17. The van der Waals surface area contributed by atoms with Gasteiger partial charge in [0.1, 0.15) is 0 Å². The number of carbonyl (C=O) groups is 1. The number of amides is 1. The predicted molar refractivity (Wildman–Crippen MR) is 35.3 cm³/mol. The average molecular weight is 122 g/mol. The van der Waals surface area contributed by atoms with Crippen molar-refractivity contribution in [2.24, 2.45) is 0 Å². The molecule has 0 unspecified atom stereocenters. The van der Waals surface area contributed by atoms with Gasteiger partial charge < -0.3 is 5.32 Å². The van der Waals surface area contributed by atoms with E-state index in [4.69, 9.17) is 0 Å². The zero-order valence-electron chi connectivity index (χ0n) is 5.00. The molecule has 0 aromatic rings. The predicted octanol–water partition coefficient (Wildman–Crippen LogP) is 0.780. The van der Waals surface area contributed by atoms with Crippen LogP contribution in [0.15, 0.2) is 24.3 Å². The summed E-state index contributed by atoms with van der Waals surface area (Å²) < 4.78 is 0. The zero-order valence-corrected chi connectivity index (χ0v) is 5.00. The maximum absolute atomic E-state index is 9.88. The van der Waals surface area contributed by atoms with Gasteiger partial charge in [0.15, 0.2) is 0 Å². The van der Waals surface area contributed by atoms with Crippen LogP contribution in [-0.2, 0) is 4.79 Å². The molecule has 0 saturated heterocycles. The SMILES string of the molecule is O=CN[C]1C=CC=CC1.